The number of hydrogen-bond acceptors (Lipinski definition) is 2. The molecule has 0 bridgehead atoms. The second-order valence-electron chi connectivity index (χ2n) is 3.68. The van der Waals surface area contributed by atoms with Gasteiger partial charge >= 0.3 is 0 Å². The van der Waals surface area contributed by atoms with Gasteiger partial charge in [-0.1, -0.05) is 58.4 Å². The summed E-state index contributed by atoms with van der Waals surface area (Å²) in [6.45, 7) is 0. The van der Waals surface area contributed by atoms with Gasteiger partial charge in [0, 0.05) is 10.0 Å². The van der Waals surface area contributed by atoms with E-state index in [2.05, 4.69) is 15.9 Å². The Balaban J connectivity index is 2.23. The van der Waals surface area contributed by atoms with Crippen molar-refractivity contribution in [1.29, 1.82) is 0 Å². The lowest BCUT2D eigenvalue weighted by Crippen LogP contribution is -2.11. The molecule has 0 aromatic heterocycles. The summed E-state index contributed by atoms with van der Waals surface area (Å²) in [5, 5.41) is 9.95. The van der Waals surface area contributed by atoms with Crippen molar-refractivity contribution in [2.45, 2.75) is 6.10 Å². The lowest BCUT2D eigenvalue weighted by Gasteiger charge is -2.09. The van der Waals surface area contributed by atoms with Crippen molar-refractivity contribution in [3.05, 3.63) is 70.2 Å². The van der Waals surface area contributed by atoms with Crippen LogP contribution in [0.3, 0.4) is 0 Å². The van der Waals surface area contributed by atoms with Gasteiger partial charge in [0.15, 0.2) is 5.78 Å². The molecular weight excluding hydrogens is 280 g/mol. The second-order valence-corrected chi connectivity index (χ2v) is 4.60. The van der Waals surface area contributed by atoms with Gasteiger partial charge in [-0.15, -0.1) is 0 Å². The Labute approximate surface area is 108 Å². The molecule has 0 spiro atoms. The Morgan fingerprint density at radius 3 is 2.18 bits per heavy atom. The normalized spacial score (nSPS) is 12.1. The maximum absolute atomic E-state index is 12.0. The highest BCUT2D eigenvalue weighted by atomic mass is 79.9. The minimum atomic E-state index is -1.10. The molecule has 0 saturated heterocycles. The standard InChI is InChI=1S/C14H11BrO2/c15-12-8-6-11(7-9-12)14(17)13(16)10-4-2-1-3-5-10/h1-9,13,16H. The Morgan fingerprint density at radius 2 is 1.59 bits per heavy atom. The number of halogens is 1. The first-order valence-electron chi connectivity index (χ1n) is 5.21. The van der Waals surface area contributed by atoms with Crippen molar-refractivity contribution in [2.24, 2.45) is 0 Å². The molecule has 0 saturated carbocycles. The lowest BCUT2D eigenvalue weighted by atomic mass is 10.0. The van der Waals surface area contributed by atoms with Crippen LogP contribution in [0.2, 0.25) is 0 Å². The van der Waals surface area contributed by atoms with E-state index in [0.717, 1.165) is 4.47 Å². The van der Waals surface area contributed by atoms with Crippen LogP contribution in [0.4, 0.5) is 0 Å². The highest BCUT2D eigenvalue weighted by molar-refractivity contribution is 9.10. The lowest BCUT2D eigenvalue weighted by molar-refractivity contribution is 0.0747. The number of hydrogen-bond donors (Lipinski definition) is 1. The van der Waals surface area contributed by atoms with Crippen LogP contribution in [0.5, 0.6) is 0 Å². The molecule has 1 atom stereocenters. The van der Waals surface area contributed by atoms with Crippen LogP contribution >= 0.6 is 15.9 Å². The van der Waals surface area contributed by atoms with Crippen LogP contribution in [0.25, 0.3) is 0 Å². The van der Waals surface area contributed by atoms with E-state index in [1.807, 2.05) is 6.07 Å². The van der Waals surface area contributed by atoms with Gasteiger partial charge in [0.2, 0.25) is 0 Å². The molecule has 0 aliphatic heterocycles. The largest absolute Gasteiger partial charge is 0.380 e. The molecule has 2 rings (SSSR count). The number of benzene rings is 2. The summed E-state index contributed by atoms with van der Waals surface area (Å²) < 4.78 is 0.906. The third kappa shape index (κ3) is 2.81. The smallest absolute Gasteiger partial charge is 0.195 e. The molecule has 0 radical (unpaired) electrons. The monoisotopic (exact) mass is 290 g/mol. The first-order valence-corrected chi connectivity index (χ1v) is 6.00. The number of carbonyl (C=O) groups is 1. The van der Waals surface area contributed by atoms with Crippen LogP contribution in [0.15, 0.2) is 59.1 Å². The predicted molar refractivity (Wildman–Crippen MR) is 69.9 cm³/mol. The summed E-state index contributed by atoms with van der Waals surface area (Å²) in [6.07, 6.45) is -1.10. The van der Waals surface area contributed by atoms with Crippen LogP contribution in [0, 0.1) is 0 Å². The Bertz CT molecular complexity index is 506. The van der Waals surface area contributed by atoms with E-state index >= 15 is 0 Å². The molecule has 2 aromatic carbocycles. The summed E-state index contributed by atoms with van der Waals surface area (Å²) in [6, 6.07) is 15.9. The molecule has 0 fully saturated rings. The van der Waals surface area contributed by atoms with Crippen molar-refractivity contribution in [3.63, 3.8) is 0 Å². The van der Waals surface area contributed by atoms with E-state index in [1.54, 1.807) is 48.5 Å². The molecule has 86 valence electrons. The summed E-state index contributed by atoms with van der Waals surface area (Å²) in [5.41, 5.74) is 1.12. The van der Waals surface area contributed by atoms with Crippen molar-refractivity contribution < 1.29 is 9.90 Å². The van der Waals surface area contributed by atoms with Crippen LogP contribution in [0.1, 0.15) is 22.0 Å². The topological polar surface area (TPSA) is 37.3 Å². The van der Waals surface area contributed by atoms with Crippen LogP contribution in [-0.2, 0) is 0 Å². The summed E-state index contributed by atoms with van der Waals surface area (Å²) >= 11 is 3.30. The molecule has 0 aliphatic rings. The Hall–Kier alpha value is -1.45. The maximum atomic E-state index is 12.0. The molecule has 2 nitrogen and oxygen atoms in total. The van der Waals surface area contributed by atoms with Crippen molar-refractivity contribution in [3.8, 4) is 0 Å². The average Bonchev–Trinajstić information content (AvgIpc) is 2.39. The van der Waals surface area contributed by atoms with E-state index in [1.165, 1.54) is 0 Å². The van der Waals surface area contributed by atoms with Crippen LogP contribution in [-0.4, -0.2) is 10.9 Å². The zero-order valence-electron chi connectivity index (χ0n) is 9.01. The molecule has 0 heterocycles. The molecule has 0 amide bonds. The SMILES string of the molecule is O=C(c1ccc(Br)cc1)C(O)c1ccccc1. The quantitative estimate of drug-likeness (QED) is 0.880. The van der Waals surface area contributed by atoms with Crippen LogP contribution < -0.4 is 0 Å². The fourth-order valence-corrected chi connectivity index (χ4v) is 1.82. The fourth-order valence-electron chi connectivity index (χ4n) is 1.56. The fraction of sp³-hybridized carbons (Fsp3) is 0.0714. The molecule has 1 unspecified atom stereocenters. The number of carbonyl (C=O) groups excluding carboxylic acids is 1. The van der Waals surface area contributed by atoms with E-state index in [-0.39, 0.29) is 5.78 Å². The second kappa shape index (κ2) is 5.25. The first-order chi connectivity index (χ1) is 8.18. The van der Waals surface area contributed by atoms with Gasteiger partial charge in [-0.3, -0.25) is 4.79 Å². The van der Waals surface area contributed by atoms with Gasteiger partial charge < -0.3 is 5.11 Å². The summed E-state index contributed by atoms with van der Waals surface area (Å²) in [4.78, 5) is 12.0. The molecule has 3 heteroatoms. The molecular formula is C14H11BrO2. The van der Waals surface area contributed by atoms with Crippen molar-refractivity contribution in [1.82, 2.24) is 0 Å². The number of aliphatic hydroxyl groups is 1. The van der Waals surface area contributed by atoms with Gasteiger partial charge in [-0.25, -0.2) is 0 Å². The highest BCUT2D eigenvalue weighted by Crippen LogP contribution is 2.19. The highest BCUT2D eigenvalue weighted by Gasteiger charge is 2.18. The molecule has 1 N–H and O–H groups in total. The number of rotatable bonds is 3. The number of ketones is 1. The molecule has 0 aliphatic carbocycles. The predicted octanol–water partition coefficient (Wildman–Crippen LogP) is 3.37. The Kier molecular flexibility index (Phi) is 3.71. The van der Waals surface area contributed by atoms with Gasteiger partial charge in [-0.2, -0.15) is 0 Å². The number of aliphatic hydroxyl groups excluding tert-OH is 1. The first kappa shape index (κ1) is 12.0. The van der Waals surface area contributed by atoms with Gasteiger partial charge in [0.1, 0.15) is 6.10 Å². The zero-order valence-corrected chi connectivity index (χ0v) is 10.6. The van der Waals surface area contributed by atoms with E-state index < -0.39 is 6.10 Å². The van der Waals surface area contributed by atoms with E-state index in [9.17, 15) is 9.90 Å². The number of Topliss-reactive ketones (excluding diaryl/α,β-unsaturated/α-hetero) is 1. The summed E-state index contributed by atoms with van der Waals surface area (Å²) in [7, 11) is 0. The molecule has 17 heavy (non-hydrogen) atoms. The van der Waals surface area contributed by atoms with Crippen molar-refractivity contribution >= 4 is 21.7 Å². The summed E-state index contributed by atoms with van der Waals surface area (Å²) in [5.74, 6) is -0.288. The van der Waals surface area contributed by atoms with Gasteiger partial charge in [0.05, 0.1) is 0 Å². The third-order valence-electron chi connectivity index (χ3n) is 2.49. The van der Waals surface area contributed by atoms with E-state index in [4.69, 9.17) is 0 Å². The Morgan fingerprint density at radius 1 is 1.00 bits per heavy atom. The minimum absolute atomic E-state index is 0.288. The molecule has 2 aromatic rings. The van der Waals surface area contributed by atoms with Gasteiger partial charge in [0.25, 0.3) is 0 Å². The minimum Gasteiger partial charge on any atom is -0.380 e. The zero-order chi connectivity index (χ0) is 12.3. The van der Waals surface area contributed by atoms with E-state index in [0.29, 0.717) is 11.1 Å². The van der Waals surface area contributed by atoms with Gasteiger partial charge in [-0.05, 0) is 17.7 Å². The van der Waals surface area contributed by atoms with Crippen molar-refractivity contribution in [2.75, 3.05) is 0 Å². The third-order valence-corrected chi connectivity index (χ3v) is 3.02. The maximum Gasteiger partial charge on any atom is 0.195 e. The average molecular weight is 291 g/mol.